The smallest absolute Gasteiger partial charge is 0.448 e. The minimum Gasteiger partial charge on any atom is -0.448 e. The van der Waals surface area contributed by atoms with Gasteiger partial charge in [-0.25, -0.2) is 4.98 Å². The van der Waals surface area contributed by atoms with Gasteiger partial charge in [0.25, 0.3) is 0 Å². The van der Waals surface area contributed by atoms with Crippen molar-refractivity contribution in [2.75, 3.05) is 0 Å². The van der Waals surface area contributed by atoms with Crippen LogP contribution in [0.5, 0.6) is 0 Å². The van der Waals surface area contributed by atoms with E-state index in [2.05, 4.69) is 56.9 Å². The zero-order valence-electron chi connectivity index (χ0n) is 16.2. The van der Waals surface area contributed by atoms with E-state index in [1.54, 1.807) is 12.3 Å². The van der Waals surface area contributed by atoms with E-state index in [1.807, 2.05) is 0 Å². The molecule has 0 N–H and O–H groups in total. The largest absolute Gasteiger partial charge is 0.494 e. The second-order valence-electron chi connectivity index (χ2n) is 8.47. The third-order valence-electron chi connectivity index (χ3n) is 6.07. The molecule has 0 spiro atoms. The molecule has 2 fully saturated rings. The molecule has 5 heteroatoms. The summed E-state index contributed by atoms with van der Waals surface area (Å²) in [7, 11) is -0.333. The molecule has 4 nitrogen and oxygen atoms in total. The summed E-state index contributed by atoms with van der Waals surface area (Å²) in [6.07, 6.45) is 7.53. The van der Waals surface area contributed by atoms with Crippen LogP contribution in [0.4, 0.5) is 0 Å². The molecule has 2 aromatic rings. The van der Waals surface area contributed by atoms with Gasteiger partial charge in [-0.3, -0.25) is 0 Å². The number of rotatable bonds is 4. The second kappa shape index (κ2) is 6.54. The minimum atomic E-state index is -0.333. The summed E-state index contributed by atoms with van der Waals surface area (Å²) in [5.74, 6) is 2.56. The molecule has 0 atom stereocenters. The average molecular weight is 352 g/mol. The lowest BCUT2D eigenvalue weighted by Gasteiger charge is -2.32. The fourth-order valence-corrected chi connectivity index (χ4v) is 3.69. The van der Waals surface area contributed by atoms with E-state index in [0.29, 0.717) is 0 Å². The Labute approximate surface area is 156 Å². The maximum Gasteiger partial charge on any atom is 0.494 e. The fourth-order valence-electron chi connectivity index (χ4n) is 3.69. The van der Waals surface area contributed by atoms with E-state index in [1.165, 1.54) is 25.7 Å². The van der Waals surface area contributed by atoms with Gasteiger partial charge in [0.2, 0.25) is 0 Å². The molecule has 0 amide bonds. The lowest BCUT2D eigenvalue weighted by molar-refractivity contribution is 0.00578. The predicted molar refractivity (Wildman–Crippen MR) is 103 cm³/mol. The van der Waals surface area contributed by atoms with Crippen LogP contribution in [-0.4, -0.2) is 23.3 Å². The summed E-state index contributed by atoms with van der Waals surface area (Å²) in [4.78, 5) is 4.46. The molecule has 1 aromatic heterocycles. The van der Waals surface area contributed by atoms with Crippen LogP contribution in [-0.2, 0) is 15.7 Å². The quantitative estimate of drug-likeness (QED) is 0.769. The molecule has 26 heavy (non-hydrogen) atoms. The van der Waals surface area contributed by atoms with Crippen LogP contribution in [0.2, 0.25) is 0 Å². The Balaban J connectivity index is 1.51. The topological polar surface area (TPSA) is 44.5 Å². The number of aromatic nitrogens is 1. The molecule has 1 aliphatic heterocycles. The zero-order valence-corrected chi connectivity index (χ0v) is 16.2. The van der Waals surface area contributed by atoms with Crippen molar-refractivity contribution in [3.63, 3.8) is 0 Å². The monoisotopic (exact) mass is 352 g/mol. The highest BCUT2D eigenvalue weighted by Crippen LogP contribution is 2.37. The normalized spacial score (nSPS) is 22.2. The van der Waals surface area contributed by atoms with Gasteiger partial charge in [0.1, 0.15) is 11.5 Å². The maximum atomic E-state index is 6.13. The third-order valence-corrected chi connectivity index (χ3v) is 6.07. The van der Waals surface area contributed by atoms with Crippen molar-refractivity contribution in [1.82, 2.24) is 4.98 Å². The number of hydrogen-bond donors (Lipinski definition) is 0. The Morgan fingerprint density at radius 1 is 0.962 bits per heavy atom. The van der Waals surface area contributed by atoms with Gasteiger partial charge in [-0.2, -0.15) is 0 Å². The van der Waals surface area contributed by atoms with E-state index < -0.39 is 0 Å². The van der Waals surface area contributed by atoms with Crippen LogP contribution in [0, 0.1) is 5.92 Å². The van der Waals surface area contributed by atoms with Gasteiger partial charge < -0.3 is 13.7 Å². The molecule has 0 bridgehead atoms. The Bertz CT molecular complexity index is 744. The highest BCUT2D eigenvalue weighted by Gasteiger charge is 2.51. The van der Waals surface area contributed by atoms with E-state index in [-0.39, 0.29) is 18.3 Å². The molecule has 4 rings (SSSR count). The molecule has 1 aromatic carbocycles. The zero-order chi connectivity index (χ0) is 18.4. The van der Waals surface area contributed by atoms with Crippen molar-refractivity contribution >= 4 is 12.6 Å². The predicted octanol–water partition coefficient (Wildman–Crippen LogP) is 4.33. The first-order valence-corrected chi connectivity index (χ1v) is 9.58. The molecule has 1 saturated heterocycles. The van der Waals surface area contributed by atoms with E-state index in [9.17, 15) is 0 Å². The van der Waals surface area contributed by atoms with Crippen molar-refractivity contribution in [2.45, 2.75) is 71.0 Å². The van der Waals surface area contributed by atoms with Gasteiger partial charge in [-0.1, -0.05) is 37.1 Å². The van der Waals surface area contributed by atoms with Crippen molar-refractivity contribution in [1.29, 1.82) is 0 Å². The number of benzene rings is 1. The molecular formula is C21H27BNO3. The number of hydrogen-bond acceptors (Lipinski definition) is 4. The summed E-state index contributed by atoms with van der Waals surface area (Å²) in [5, 5.41) is 0. The SMILES string of the molecule is CC1(C)OB(c2ccc(-c3ncoc3C[C]3CCCC3)cc2)OC1(C)C. The third kappa shape index (κ3) is 3.23. The molecule has 1 aliphatic carbocycles. The van der Waals surface area contributed by atoms with Crippen LogP contribution in [0.1, 0.15) is 59.1 Å². The molecule has 1 radical (unpaired) electrons. The highest BCUT2D eigenvalue weighted by atomic mass is 16.7. The lowest BCUT2D eigenvalue weighted by atomic mass is 9.78. The fraction of sp³-hybridized carbons (Fsp3) is 0.524. The Hall–Kier alpha value is -1.59. The highest BCUT2D eigenvalue weighted by molar-refractivity contribution is 6.62. The summed E-state index contributed by atoms with van der Waals surface area (Å²) >= 11 is 0. The maximum absolute atomic E-state index is 6.13. The average Bonchev–Trinajstić information content (AvgIpc) is 3.30. The summed E-state index contributed by atoms with van der Waals surface area (Å²) in [5.41, 5.74) is 2.41. The Morgan fingerprint density at radius 2 is 1.58 bits per heavy atom. The summed E-state index contributed by atoms with van der Waals surface area (Å²) < 4.78 is 18.0. The second-order valence-corrected chi connectivity index (χ2v) is 8.47. The van der Waals surface area contributed by atoms with E-state index >= 15 is 0 Å². The van der Waals surface area contributed by atoms with E-state index in [4.69, 9.17) is 13.7 Å². The molecule has 0 unspecified atom stereocenters. The molecule has 2 aliphatic rings. The van der Waals surface area contributed by atoms with Crippen molar-refractivity contribution < 1.29 is 13.7 Å². The van der Waals surface area contributed by atoms with Gasteiger partial charge in [0, 0.05) is 12.0 Å². The molecule has 1 saturated carbocycles. The lowest BCUT2D eigenvalue weighted by Crippen LogP contribution is -2.41. The first-order chi connectivity index (χ1) is 12.4. The summed E-state index contributed by atoms with van der Waals surface area (Å²) in [6.45, 7) is 8.29. The van der Waals surface area contributed by atoms with Crippen LogP contribution in [0.15, 0.2) is 35.1 Å². The van der Waals surface area contributed by atoms with Crippen LogP contribution in [0.3, 0.4) is 0 Å². The van der Waals surface area contributed by atoms with Gasteiger partial charge in [-0.15, -0.1) is 0 Å². The Kier molecular flexibility index (Phi) is 4.48. The number of oxazole rings is 1. The van der Waals surface area contributed by atoms with Crippen LogP contribution >= 0.6 is 0 Å². The van der Waals surface area contributed by atoms with Gasteiger partial charge in [0.15, 0.2) is 6.39 Å². The van der Waals surface area contributed by atoms with Crippen molar-refractivity contribution in [3.8, 4) is 11.3 Å². The van der Waals surface area contributed by atoms with Crippen LogP contribution < -0.4 is 5.46 Å². The summed E-state index contributed by atoms with van der Waals surface area (Å²) in [6, 6.07) is 8.30. The van der Waals surface area contributed by atoms with Crippen molar-refractivity contribution in [2.24, 2.45) is 0 Å². The Morgan fingerprint density at radius 3 is 2.19 bits per heavy atom. The molecular weight excluding hydrogens is 325 g/mol. The first kappa shape index (κ1) is 17.8. The van der Waals surface area contributed by atoms with Gasteiger partial charge in [0.05, 0.1) is 11.2 Å². The first-order valence-electron chi connectivity index (χ1n) is 9.58. The van der Waals surface area contributed by atoms with Crippen LogP contribution in [0.25, 0.3) is 11.3 Å². The standard InChI is InChI=1S/C21H27BNO3/c1-20(2)21(3,4)26-22(25-20)17-11-9-16(10-12-17)19-18(24-14-23-19)13-15-7-5-6-8-15/h9-12,14H,5-8,13H2,1-4H3. The van der Waals surface area contributed by atoms with Crippen molar-refractivity contribution in [3.05, 3.63) is 42.3 Å². The minimum absolute atomic E-state index is 0.325. The molecule has 137 valence electrons. The van der Waals surface area contributed by atoms with E-state index in [0.717, 1.165) is 28.9 Å². The number of nitrogens with zero attached hydrogens (tertiary/aromatic N) is 1. The molecule has 2 heterocycles. The van der Waals surface area contributed by atoms with Gasteiger partial charge >= 0.3 is 7.12 Å². The van der Waals surface area contributed by atoms with Gasteiger partial charge in [-0.05, 0) is 51.9 Å².